The van der Waals surface area contributed by atoms with Crippen molar-refractivity contribution in [3.05, 3.63) is 0 Å². The summed E-state index contributed by atoms with van der Waals surface area (Å²) >= 11 is -3.29. The fourth-order valence-electron chi connectivity index (χ4n) is 1.67. The van der Waals surface area contributed by atoms with Gasteiger partial charge in [-0.15, -0.1) is 0 Å². The molecule has 0 aliphatic heterocycles. The Morgan fingerprint density at radius 1 is 0.938 bits per heavy atom. The number of carbonyl (C=O) groups is 2. The van der Waals surface area contributed by atoms with E-state index in [1.54, 1.807) is 0 Å². The van der Waals surface area contributed by atoms with Gasteiger partial charge in [-0.1, -0.05) is 19.3 Å². The average molecular weight is 301 g/mol. The third-order valence-corrected chi connectivity index (χ3v) is 2.53. The van der Waals surface area contributed by atoms with Crippen molar-refractivity contribution < 1.29 is 32.0 Å². The van der Waals surface area contributed by atoms with Crippen molar-refractivity contribution in [1.82, 2.24) is 0 Å². The van der Waals surface area contributed by atoms with Gasteiger partial charge in [0, 0.05) is 0 Å². The second-order valence-corrected chi connectivity index (χ2v) is 4.45. The fourth-order valence-corrected chi connectivity index (χ4v) is 1.67. The van der Waals surface area contributed by atoms with Crippen LogP contribution < -0.4 is 0 Å². The molecular weight excluding hydrogens is 287 g/mol. The first-order valence-electron chi connectivity index (χ1n) is 4.59. The van der Waals surface area contributed by atoms with Crippen LogP contribution in [0.3, 0.4) is 0 Å². The summed E-state index contributed by atoms with van der Waals surface area (Å²) in [6, 6.07) is 0. The molecule has 0 aromatic rings. The molecule has 7 nitrogen and oxygen atoms in total. The number of hydrogen-bond donors (Lipinski definition) is 4. The molecule has 0 atom stereocenters. The molecule has 0 heterocycles. The maximum atomic E-state index is 10.7. The van der Waals surface area contributed by atoms with Crippen LogP contribution in [0.1, 0.15) is 32.1 Å². The van der Waals surface area contributed by atoms with Crippen LogP contribution >= 0.6 is 0 Å². The summed E-state index contributed by atoms with van der Waals surface area (Å²) in [7, 11) is 0. The molecule has 4 N–H and O–H groups in total. The Morgan fingerprint density at radius 2 is 1.25 bits per heavy atom. The van der Waals surface area contributed by atoms with E-state index in [0.717, 1.165) is 6.42 Å². The van der Waals surface area contributed by atoms with Crippen molar-refractivity contribution in [3.8, 4) is 0 Å². The van der Waals surface area contributed by atoms with Gasteiger partial charge >= 0.3 is 38.6 Å². The first-order chi connectivity index (χ1) is 7.33. The van der Waals surface area contributed by atoms with Crippen molar-refractivity contribution >= 4 is 26.4 Å². The molecule has 1 aliphatic rings. The summed E-state index contributed by atoms with van der Waals surface area (Å²) in [5, 5.41) is 17.6. The van der Waals surface area contributed by atoms with Gasteiger partial charge in [-0.05, 0) is 12.8 Å². The third-order valence-electron chi connectivity index (χ3n) is 2.53. The Labute approximate surface area is 96.4 Å². The van der Waals surface area contributed by atoms with Gasteiger partial charge in [-0.25, -0.2) is 0 Å². The Kier molecular flexibility index (Phi) is 6.35. The molecule has 0 unspecified atom stereocenters. The molecule has 1 aliphatic carbocycles. The normalized spacial score (nSPS) is 18.4. The van der Waals surface area contributed by atoms with Crippen LogP contribution in [0.25, 0.3) is 0 Å². The van der Waals surface area contributed by atoms with Gasteiger partial charge in [0.2, 0.25) is 0 Å². The summed E-state index contributed by atoms with van der Waals surface area (Å²) in [6.45, 7) is 0. The number of hydrogen-bond acceptors (Lipinski definition) is 3. The van der Waals surface area contributed by atoms with Crippen molar-refractivity contribution in [1.29, 1.82) is 0 Å². The predicted molar refractivity (Wildman–Crippen MR) is 51.7 cm³/mol. The van der Waals surface area contributed by atoms with E-state index in [4.69, 9.17) is 22.4 Å². The maximum absolute atomic E-state index is 10.7. The van der Waals surface area contributed by atoms with Crippen LogP contribution in [0.5, 0.6) is 0 Å². The monoisotopic (exact) mass is 302 g/mol. The van der Waals surface area contributed by atoms with Crippen LogP contribution in [0.2, 0.25) is 0 Å². The van der Waals surface area contributed by atoms with Gasteiger partial charge in [-0.2, -0.15) is 0 Å². The summed E-state index contributed by atoms with van der Waals surface area (Å²) in [5.74, 6) is -2.37. The van der Waals surface area contributed by atoms with Crippen LogP contribution in [-0.4, -0.2) is 45.0 Å². The first kappa shape index (κ1) is 15.2. The van der Waals surface area contributed by atoms with E-state index in [9.17, 15) is 9.59 Å². The Bertz CT molecular complexity index is 262. The molecule has 0 saturated heterocycles. The Morgan fingerprint density at radius 3 is 1.44 bits per heavy atom. The minimum absolute atomic E-state index is 0.275. The molecular formula is C8H14O7Se. The second kappa shape index (κ2) is 6.70. The molecule has 0 bridgehead atoms. The van der Waals surface area contributed by atoms with E-state index in [-0.39, 0.29) is 12.8 Å². The van der Waals surface area contributed by atoms with E-state index in [0.29, 0.717) is 12.8 Å². The summed E-state index contributed by atoms with van der Waals surface area (Å²) < 4.78 is 23.1. The van der Waals surface area contributed by atoms with Gasteiger partial charge in [0.05, 0.1) is 0 Å². The van der Waals surface area contributed by atoms with E-state index in [2.05, 4.69) is 0 Å². The number of rotatable bonds is 2. The topological polar surface area (TPSA) is 132 Å². The molecule has 16 heavy (non-hydrogen) atoms. The zero-order chi connectivity index (χ0) is 12.8. The van der Waals surface area contributed by atoms with Gasteiger partial charge in [0.15, 0.2) is 5.41 Å². The number of aliphatic carboxylic acids is 2. The molecule has 1 saturated carbocycles. The van der Waals surface area contributed by atoms with E-state index in [1.807, 2.05) is 0 Å². The molecule has 8 heteroatoms. The van der Waals surface area contributed by atoms with Gasteiger partial charge < -0.3 is 10.2 Å². The number of carboxylic acids is 2. The molecule has 0 amide bonds. The quantitative estimate of drug-likeness (QED) is 0.399. The van der Waals surface area contributed by atoms with Gasteiger partial charge in [0.1, 0.15) is 0 Å². The molecule has 0 aromatic carbocycles. The van der Waals surface area contributed by atoms with Crippen LogP contribution in [0, 0.1) is 5.41 Å². The van der Waals surface area contributed by atoms with E-state index in [1.165, 1.54) is 0 Å². The van der Waals surface area contributed by atoms with Crippen LogP contribution in [0.15, 0.2) is 0 Å². The van der Waals surface area contributed by atoms with Crippen molar-refractivity contribution in [2.75, 3.05) is 0 Å². The first-order valence-corrected chi connectivity index (χ1v) is 6.83. The standard InChI is InChI=1S/C8H12O4.H2O3Se/c9-6(10)8(7(11)12)4-2-1-3-5-8;1-4(2)3/h1-5H2,(H,9,10)(H,11,12);(H2,1,2,3). The fraction of sp³-hybridized carbons (Fsp3) is 0.750. The summed E-state index contributed by atoms with van der Waals surface area (Å²) in [6.07, 6.45) is 2.91. The van der Waals surface area contributed by atoms with Crippen LogP contribution in [0.4, 0.5) is 0 Å². The van der Waals surface area contributed by atoms with Crippen molar-refractivity contribution in [3.63, 3.8) is 0 Å². The van der Waals surface area contributed by atoms with Crippen LogP contribution in [-0.2, 0) is 13.4 Å². The minimum atomic E-state index is -3.29. The van der Waals surface area contributed by atoms with Gasteiger partial charge in [-0.3, -0.25) is 9.59 Å². The molecule has 1 rings (SSSR count). The SMILES string of the molecule is O=C(O)C1(C(=O)O)CCCCC1.O=[Se](O)O. The van der Waals surface area contributed by atoms with E-state index < -0.39 is 31.8 Å². The predicted octanol–water partition coefficient (Wildman–Crippen LogP) is -0.508. The zero-order valence-electron chi connectivity index (χ0n) is 8.46. The van der Waals surface area contributed by atoms with Crippen molar-refractivity contribution in [2.24, 2.45) is 5.41 Å². The average Bonchev–Trinajstić information content (AvgIpc) is 2.17. The molecule has 0 spiro atoms. The Hall–Kier alpha value is -0.821. The van der Waals surface area contributed by atoms with Gasteiger partial charge in [0.25, 0.3) is 0 Å². The molecule has 0 radical (unpaired) electrons. The number of carboxylic acid groups (broad SMARTS) is 2. The summed E-state index contributed by atoms with van der Waals surface area (Å²) in [5.41, 5.74) is -1.49. The molecule has 1 fully saturated rings. The Balaban J connectivity index is 0.000000487. The van der Waals surface area contributed by atoms with E-state index >= 15 is 0 Å². The molecule has 0 aromatic heterocycles. The third kappa shape index (κ3) is 4.36. The zero-order valence-corrected chi connectivity index (χ0v) is 10.2. The molecule has 94 valence electrons. The second-order valence-electron chi connectivity index (χ2n) is 3.48. The van der Waals surface area contributed by atoms with Crippen molar-refractivity contribution in [2.45, 2.75) is 32.1 Å². The summed E-state index contributed by atoms with van der Waals surface area (Å²) in [4.78, 5) is 21.5.